The maximum absolute atomic E-state index is 2.40. The lowest BCUT2D eigenvalue weighted by molar-refractivity contribution is 0.249. The molecule has 2 aromatic rings. The van der Waals surface area contributed by atoms with Crippen LogP contribution < -0.4 is 0 Å². The van der Waals surface area contributed by atoms with E-state index in [0.717, 1.165) is 5.92 Å². The fraction of sp³-hybridized carbons (Fsp3) is 0.500. The number of nitrogens with zero attached hydrogens (tertiary/aromatic N) is 1. The van der Waals surface area contributed by atoms with Crippen molar-refractivity contribution < 1.29 is 0 Å². The van der Waals surface area contributed by atoms with E-state index in [4.69, 9.17) is 0 Å². The van der Waals surface area contributed by atoms with Gasteiger partial charge in [0.2, 0.25) is 0 Å². The molecule has 3 rings (SSSR count). The second-order valence-electron chi connectivity index (χ2n) is 6.47. The van der Waals surface area contributed by atoms with Crippen molar-refractivity contribution in [3.05, 3.63) is 35.5 Å². The van der Waals surface area contributed by atoms with Gasteiger partial charge in [0.25, 0.3) is 0 Å². The number of hydrogen-bond acceptors (Lipinski definition) is 0. The fourth-order valence-corrected chi connectivity index (χ4v) is 3.18. The van der Waals surface area contributed by atoms with Gasteiger partial charge in [-0.25, -0.2) is 0 Å². The highest BCUT2D eigenvalue weighted by molar-refractivity contribution is 5.86. The molecule has 0 aliphatic heterocycles. The molecule has 0 saturated heterocycles. The average molecular weight is 227 g/mol. The van der Waals surface area contributed by atoms with Crippen LogP contribution >= 0.6 is 0 Å². The molecule has 1 heteroatoms. The summed E-state index contributed by atoms with van der Waals surface area (Å²) in [5.41, 5.74) is 4.97. The molecule has 0 N–H and O–H groups in total. The van der Waals surface area contributed by atoms with Crippen LogP contribution in [0.4, 0.5) is 0 Å². The van der Waals surface area contributed by atoms with Crippen LogP contribution in [-0.4, -0.2) is 4.57 Å². The van der Waals surface area contributed by atoms with E-state index in [2.05, 4.69) is 56.7 Å². The minimum absolute atomic E-state index is 0.417. The van der Waals surface area contributed by atoms with Crippen molar-refractivity contribution in [3.63, 3.8) is 0 Å². The number of aryl methyl sites for hydroxylation is 1. The third kappa shape index (κ3) is 1.52. The van der Waals surface area contributed by atoms with Crippen LogP contribution in [0.25, 0.3) is 10.9 Å². The zero-order valence-corrected chi connectivity index (χ0v) is 11.2. The van der Waals surface area contributed by atoms with Gasteiger partial charge in [-0.3, -0.25) is 0 Å². The lowest BCUT2D eigenvalue weighted by Crippen LogP contribution is -2.21. The molecule has 1 nitrogen and oxygen atoms in total. The van der Waals surface area contributed by atoms with Crippen LogP contribution in [0.1, 0.15) is 32.0 Å². The largest absolute Gasteiger partial charge is 0.347 e. The molecule has 0 bridgehead atoms. The first-order valence-corrected chi connectivity index (χ1v) is 6.53. The molecule has 1 unspecified atom stereocenters. The number of benzene rings is 1. The van der Waals surface area contributed by atoms with E-state index in [1.807, 2.05) is 0 Å². The van der Waals surface area contributed by atoms with Crippen molar-refractivity contribution in [1.29, 1.82) is 0 Å². The molecule has 0 saturated carbocycles. The van der Waals surface area contributed by atoms with Crippen LogP contribution in [0.5, 0.6) is 0 Å². The standard InChI is InChI=1S/C16H21N/c1-16(2,3)11-9-13-12-7-5-6-8-14(12)17(4)15(13)10-11/h5-8,11H,9-10H2,1-4H3. The molecule has 90 valence electrons. The quantitative estimate of drug-likeness (QED) is 0.642. The summed E-state index contributed by atoms with van der Waals surface area (Å²) < 4.78 is 2.40. The number of fused-ring (bicyclic) bond motifs is 3. The molecule has 1 heterocycles. The highest BCUT2D eigenvalue weighted by Crippen LogP contribution is 2.42. The summed E-state index contributed by atoms with van der Waals surface area (Å²) in [6.45, 7) is 7.10. The van der Waals surface area contributed by atoms with Crippen LogP contribution in [0.15, 0.2) is 24.3 Å². The maximum atomic E-state index is 2.40. The minimum atomic E-state index is 0.417. The summed E-state index contributed by atoms with van der Waals surface area (Å²) in [5.74, 6) is 0.795. The van der Waals surface area contributed by atoms with Crippen molar-refractivity contribution >= 4 is 10.9 Å². The van der Waals surface area contributed by atoms with Crippen LogP contribution in [0, 0.1) is 11.3 Å². The van der Waals surface area contributed by atoms with Crippen molar-refractivity contribution in [2.75, 3.05) is 0 Å². The summed E-state index contributed by atoms with van der Waals surface area (Å²) in [7, 11) is 2.21. The van der Waals surface area contributed by atoms with E-state index in [1.165, 1.54) is 23.7 Å². The van der Waals surface area contributed by atoms with Crippen LogP contribution in [-0.2, 0) is 19.9 Å². The fourth-order valence-electron chi connectivity index (χ4n) is 3.18. The molecule has 1 aliphatic rings. The normalized spacial score (nSPS) is 19.9. The highest BCUT2D eigenvalue weighted by Gasteiger charge is 2.34. The van der Waals surface area contributed by atoms with Gasteiger partial charge in [0.1, 0.15) is 0 Å². The zero-order valence-electron chi connectivity index (χ0n) is 11.2. The lowest BCUT2D eigenvalue weighted by Gasteiger charge is -2.26. The summed E-state index contributed by atoms with van der Waals surface area (Å²) >= 11 is 0. The van der Waals surface area contributed by atoms with Gasteiger partial charge in [0, 0.05) is 23.6 Å². The first kappa shape index (κ1) is 10.9. The first-order chi connectivity index (χ1) is 7.98. The minimum Gasteiger partial charge on any atom is -0.347 e. The molecule has 0 radical (unpaired) electrons. The molecular formula is C16H21N. The Bertz CT molecular complexity index is 569. The molecule has 1 aromatic heterocycles. The molecule has 0 amide bonds. The highest BCUT2D eigenvalue weighted by atomic mass is 15.0. The molecule has 0 spiro atoms. The summed E-state index contributed by atoms with van der Waals surface area (Å²) in [4.78, 5) is 0. The lowest BCUT2D eigenvalue weighted by atomic mass is 9.79. The van der Waals surface area contributed by atoms with Crippen LogP contribution in [0.3, 0.4) is 0 Å². The predicted octanol–water partition coefficient (Wildman–Crippen LogP) is 3.94. The Hall–Kier alpha value is -1.24. The van der Waals surface area contributed by atoms with Gasteiger partial charge >= 0.3 is 0 Å². The number of aromatic nitrogens is 1. The Labute approximate surface area is 103 Å². The predicted molar refractivity (Wildman–Crippen MR) is 73.3 cm³/mol. The molecule has 1 aliphatic carbocycles. The molecule has 1 aromatic carbocycles. The second kappa shape index (κ2) is 3.38. The van der Waals surface area contributed by atoms with Crippen molar-refractivity contribution in [3.8, 4) is 0 Å². The van der Waals surface area contributed by atoms with Gasteiger partial charge in [-0.05, 0) is 35.8 Å². The number of hydrogen-bond donors (Lipinski definition) is 0. The monoisotopic (exact) mass is 227 g/mol. The third-order valence-electron chi connectivity index (χ3n) is 4.46. The summed E-state index contributed by atoms with van der Waals surface area (Å²) in [6, 6.07) is 8.81. The summed E-state index contributed by atoms with van der Waals surface area (Å²) in [6.07, 6.45) is 2.49. The maximum Gasteiger partial charge on any atom is 0.0482 e. The van der Waals surface area contributed by atoms with E-state index in [9.17, 15) is 0 Å². The van der Waals surface area contributed by atoms with E-state index < -0.39 is 0 Å². The molecule has 0 fully saturated rings. The Morgan fingerprint density at radius 1 is 1.12 bits per heavy atom. The Balaban J connectivity index is 2.13. The SMILES string of the molecule is Cn1c2c(c3ccccc31)CC(C(C)(C)C)C2. The molecule has 17 heavy (non-hydrogen) atoms. The summed E-state index contributed by atoms with van der Waals surface area (Å²) in [5, 5.41) is 1.47. The van der Waals surface area contributed by atoms with Gasteiger partial charge < -0.3 is 4.57 Å². The van der Waals surface area contributed by atoms with E-state index in [1.54, 1.807) is 11.3 Å². The van der Waals surface area contributed by atoms with Crippen molar-refractivity contribution in [1.82, 2.24) is 4.57 Å². The Morgan fingerprint density at radius 2 is 1.82 bits per heavy atom. The third-order valence-corrected chi connectivity index (χ3v) is 4.46. The zero-order chi connectivity index (χ0) is 12.2. The van der Waals surface area contributed by atoms with Crippen molar-refractivity contribution in [2.45, 2.75) is 33.6 Å². The van der Waals surface area contributed by atoms with Gasteiger partial charge in [-0.1, -0.05) is 39.0 Å². The molecule has 1 atom stereocenters. The van der Waals surface area contributed by atoms with E-state index in [-0.39, 0.29) is 0 Å². The molecular weight excluding hydrogens is 206 g/mol. The van der Waals surface area contributed by atoms with Gasteiger partial charge in [-0.2, -0.15) is 0 Å². The van der Waals surface area contributed by atoms with Crippen LogP contribution in [0.2, 0.25) is 0 Å². The first-order valence-electron chi connectivity index (χ1n) is 6.53. The van der Waals surface area contributed by atoms with E-state index >= 15 is 0 Å². The second-order valence-corrected chi connectivity index (χ2v) is 6.47. The van der Waals surface area contributed by atoms with Gasteiger partial charge in [-0.15, -0.1) is 0 Å². The number of rotatable bonds is 0. The van der Waals surface area contributed by atoms with Crippen molar-refractivity contribution in [2.24, 2.45) is 18.4 Å². The average Bonchev–Trinajstić information content (AvgIpc) is 2.80. The smallest absolute Gasteiger partial charge is 0.0482 e. The Morgan fingerprint density at radius 3 is 2.53 bits per heavy atom. The number of para-hydroxylation sites is 1. The van der Waals surface area contributed by atoms with Gasteiger partial charge in [0.05, 0.1) is 0 Å². The topological polar surface area (TPSA) is 4.93 Å². The van der Waals surface area contributed by atoms with E-state index in [0.29, 0.717) is 5.41 Å². The van der Waals surface area contributed by atoms with Gasteiger partial charge in [0.15, 0.2) is 0 Å². The Kier molecular flexibility index (Phi) is 2.16.